The molecule has 0 radical (unpaired) electrons. The van der Waals surface area contributed by atoms with Crippen LogP contribution in [0.15, 0.2) is 54.6 Å². The molecule has 136 valence electrons. The Morgan fingerprint density at radius 2 is 1.81 bits per heavy atom. The maximum absolute atomic E-state index is 12.9. The van der Waals surface area contributed by atoms with E-state index in [4.69, 9.17) is 0 Å². The molecule has 0 bridgehead atoms. The van der Waals surface area contributed by atoms with E-state index in [2.05, 4.69) is 45.3 Å². The average molecular weight is 350 g/mol. The summed E-state index contributed by atoms with van der Waals surface area (Å²) >= 11 is 0. The molecule has 2 aliphatic heterocycles. The third-order valence-corrected chi connectivity index (χ3v) is 5.31. The van der Waals surface area contributed by atoms with Crippen molar-refractivity contribution in [2.45, 2.75) is 25.3 Å². The molecule has 0 spiro atoms. The van der Waals surface area contributed by atoms with Gasteiger partial charge in [-0.2, -0.15) is 0 Å². The third-order valence-electron chi connectivity index (χ3n) is 5.31. The van der Waals surface area contributed by atoms with Crippen LogP contribution in [0.3, 0.4) is 0 Å². The fraction of sp³-hybridized carbons (Fsp3) is 0.381. The summed E-state index contributed by atoms with van der Waals surface area (Å²) in [5, 5.41) is 3.12. The van der Waals surface area contributed by atoms with Gasteiger partial charge < -0.3 is 10.2 Å². The van der Waals surface area contributed by atoms with E-state index in [-0.39, 0.29) is 17.9 Å². The van der Waals surface area contributed by atoms with Crippen molar-refractivity contribution in [1.29, 1.82) is 0 Å². The van der Waals surface area contributed by atoms with E-state index in [0.717, 1.165) is 24.3 Å². The number of anilines is 2. The van der Waals surface area contributed by atoms with Crippen molar-refractivity contribution in [2.75, 3.05) is 29.9 Å². The van der Waals surface area contributed by atoms with Crippen molar-refractivity contribution >= 4 is 17.3 Å². The van der Waals surface area contributed by atoms with Crippen LogP contribution >= 0.6 is 0 Å². The fourth-order valence-electron chi connectivity index (χ4n) is 3.88. The Labute approximate surface area is 154 Å². The predicted molar refractivity (Wildman–Crippen MR) is 105 cm³/mol. The third kappa shape index (κ3) is 3.74. The van der Waals surface area contributed by atoms with Crippen LogP contribution in [0.2, 0.25) is 0 Å². The van der Waals surface area contributed by atoms with Crippen molar-refractivity contribution in [2.24, 2.45) is 5.92 Å². The number of hydrazine groups is 1. The van der Waals surface area contributed by atoms with Gasteiger partial charge in [-0.1, -0.05) is 36.4 Å². The lowest BCUT2D eigenvalue weighted by Crippen LogP contribution is -2.30. The number of nitrogens with one attached hydrogen (secondary N) is 3. The minimum atomic E-state index is -0.143. The predicted octanol–water partition coefficient (Wildman–Crippen LogP) is 3.08. The minimum Gasteiger partial charge on any atom is -0.371 e. The molecule has 0 aliphatic carbocycles. The number of piperidine rings is 1. The number of amides is 1. The lowest BCUT2D eigenvalue weighted by molar-refractivity contribution is -0.119. The topological polar surface area (TPSA) is 56.4 Å². The molecule has 5 heteroatoms. The molecule has 26 heavy (non-hydrogen) atoms. The Hall–Kier alpha value is -2.37. The van der Waals surface area contributed by atoms with Crippen LogP contribution in [0.25, 0.3) is 0 Å². The van der Waals surface area contributed by atoms with Crippen LogP contribution in [0, 0.1) is 5.92 Å². The van der Waals surface area contributed by atoms with Gasteiger partial charge in [0.25, 0.3) is 0 Å². The van der Waals surface area contributed by atoms with Gasteiger partial charge >= 0.3 is 0 Å². The maximum atomic E-state index is 12.9. The van der Waals surface area contributed by atoms with E-state index < -0.39 is 0 Å². The molecule has 2 aromatic rings. The number of hydrogen-bond acceptors (Lipinski definition) is 4. The standard InChI is InChI=1S/C21H26N4O/c26-21(19-15-22-24-20(19)16-8-3-1-4-9-16)23-17-10-7-11-18(14-17)25-12-5-2-6-13-25/h1,3-4,7-11,14,19-20,22,24H,2,5-6,12-13,15H2,(H,23,26). The van der Waals surface area contributed by atoms with Crippen LogP contribution in [-0.2, 0) is 4.79 Å². The van der Waals surface area contributed by atoms with Gasteiger partial charge in [-0.15, -0.1) is 0 Å². The fourth-order valence-corrected chi connectivity index (χ4v) is 3.88. The van der Waals surface area contributed by atoms with Crippen LogP contribution in [0.4, 0.5) is 11.4 Å². The molecule has 2 fully saturated rings. The molecule has 2 aliphatic rings. The van der Waals surface area contributed by atoms with Gasteiger partial charge in [0.05, 0.1) is 12.0 Å². The van der Waals surface area contributed by atoms with E-state index in [0.29, 0.717) is 6.54 Å². The smallest absolute Gasteiger partial charge is 0.230 e. The molecule has 5 nitrogen and oxygen atoms in total. The SMILES string of the molecule is O=C(Nc1cccc(N2CCCCC2)c1)C1CNNC1c1ccccc1. The van der Waals surface area contributed by atoms with Crippen molar-refractivity contribution in [3.63, 3.8) is 0 Å². The summed E-state index contributed by atoms with van der Waals surface area (Å²) < 4.78 is 0. The first-order chi connectivity index (χ1) is 12.8. The minimum absolute atomic E-state index is 0.0125. The summed E-state index contributed by atoms with van der Waals surface area (Å²) in [7, 11) is 0. The highest BCUT2D eigenvalue weighted by Crippen LogP contribution is 2.27. The molecule has 2 unspecified atom stereocenters. The number of carbonyl (C=O) groups is 1. The lowest BCUT2D eigenvalue weighted by Gasteiger charge is -2.29. The second kappa shape index (κ2) is 7.89. The number of carbonyl (C=O) groups excluding carboxylic acids is 1. The van der Waals surface area contributed by atoms with E-state index in [9.17, 15) is 4.79 Å². The Bertz CT molecular complexity index is 743. The summed E-state index contributed by atoms with van der Waals surface area (Å²) in [6, 6.07) is 18.3. The summed E-state index contributed by atoms with van der Waals surface area (Å²) in [4.78, 5) is 15.3. The first kappa shape index (κ1) is 17.1. The number of hydrogen-bond donors (Lipinski definition) is 3. The molecule has 2 atom stereocenters. The first-order valence-electron chi connectivity index (χ1n) is 9.50. The van der Waals surface area contributed by atoms with Crippen LogP contribution in [0.5, 0.6) is 0 Å². The molecule has 1 amide bonds. The Morgan fingerprint density at radius 1 is 1.00 bits per heavy atom. The van der Waals surface area contributed by atoms with E-state index in [1.807, 2.05) is 30.3 Å². The van der Waals surface area contributed by atoms with Crippen molar-refractivity contribution in [1.82, 2.24) is 10.9 Å². The molecular formula is C21H26N4O. The summed E-state index contributed by atoms with van der Waals surface area (Å²) in [5.41, 5.74) is 9.56. The quantitative estimate of drug-likeness (QED) is 0.793. The number of rotatable bonds is 4. The van der Waals surface area contributed by atoms with Gasteiger partial charge in [-0.05, 0) is 43.0 Å². The highest BCUT2D eigenvalue weighted by molar-refractivity contribution is 5.94. The van der Waals surface area contributed by atoms with Crippen LogP contribution in [-0.4, -0.2) is 25.5 Å². The summed E-state index contributed by atoms with van der Waals surface area (Å²) in [5.74, 6) is -0.0943. The van der Waals surface area contributed by atoms with Crippen molar-refractivity contribution < 1.29 is 4.79 Å². The molecule has 3 N–H and O–H groups in total. The average Bonchev–Trinajstić information content (AvgIpc) is 3.20. The van der Waals surface area contributed by atoms with Crippen LogP contribution < -0.4 is 21.1 Å². The normalized spacial score (nSPS) is 23.0. The lowest BCUT2D eigenvalue weighted by atomic mass is 9.94. The second-order valence-corrected chi connectivity index (χ2v) is 7.11. The van der Waals surface area contributed by atoms with Gasteiger partial charge in [0.1, 0.15) is 0 Å². The summed E-state index contributed by atoms with van der Waals surface area (Å²) in [6.45, 7) is 2.82. The summed E-state index contributed by atoms with van der Waals surface area (Å²) in [6.07, 6.45) is 3.80. The number of benzene rings is 2. The zero-order valence-corrected chi connectivity index (χ0v) is 14.9. The Kier molecular flexibility index (Phi) is 5.18. The van der Waals surface area contributed by atoms with Crippen LogP contribution in [0.1, 0.15) is 30.9 Å². The van der Waals surface area contributed by atoms with E-state index in [1.165, 1.54) is 24.9 Å². The molecule has 2 heterocycles. The van der Waals surface area contributed by atoms with E-state index in [1.54, 1.807) is 0 Å². The monoisotopic (exact) mass is 350 g/mol. The van der Waals surface area contributed by atoms with E-state index >= 15 is 0 Å². The van der Waals surface area contributed by atoms with Crippen molar-refractivity contribution in [3.8, 4) is 0 Å². The van der Waals surface area contributed by atoms with Gasteiger partial charge in [-0.3, -0.25) is 10.2 Å². The zero-order valence-electron chi connectivity index (χ0n) is 14.9. The molecule has 0 saturated carbocycles. The Balaban J connectivity index is 1.46. The Morgan fingerprint density at radius 3 is 2.62 bits per heavy atom. The molecule has 2 saturated heterocycles. The largest absolute Gasteiger partial charge is 0.371 e. The number of nitrogens with zero attached hydrogens (tertiary/aromatic N) is 1. The molecule has 4 rings (SSSR count). The zero-order chi connectivity index (χ0) is 17.8. The maximum Gasteiger partial charge on any atom is 0.230 e. The molecular weight excluding hydrogens is 324 g/mol. The van der Waals surface area contributed by atoms with Gasteiger partial charge in [0.2, 0.25) is 5.91 Å². The van der Waals surface area contributed by atoms with Gasteiger partial charge in [0.15, 0.2) is 0 Å². The van der Waals surface area contributed by atoms with Crippen molar-refractivity contribution in [3.05, 3.63) is 60.2 Å². The molecule has 2 aromatic carbocycles. The highest BCUT2D eigenvalue weighted by atomic mass is 16.2. The second-order valence-electron chi connectivity index (χ2n) is 7.11. The first-order valence-corrected chi connectivity index (χ1v) is 9.50. The van der Waals surface area contributed by atoms with Gasteiger partial charge in [0, 0.05) is 31.0 Å². The highest BCUT2D eigenvalue weighted by Gasteiger charge is 2.33. The van der Waals surface area contributed by atoms with Gasteiger partial charge in [-0.25, -0.2) is 5.43 Å². The molecule has 0 aromatic heterocycles.